The molecule has 0 aromatic heterocycles. The first-order valence-corrected chi connectivity index (χ1v) is 8.96. The lowest BCUT2D eigenvalue weighted by molar-refractivity contribution is -0.136. The Morgan fingerprint density at radius 1 is 1.12 bits per heavy atom. The van der Waals surface area contributed by atoms with Gasteiger partial charge in [-0.25, -0.2) is 0 Å². The van der Waals surface area contributed by atoms with E-state index in [-0.39, 0.29) is 18.6 Å². The highest BCUT2D eigenvalue weighted by molar-refractivity contribution is 5.77. The number of ether oxygens (including phenoxy) is 3. The third-order valence-corrected chi connectivity index (χ3v) is 4.30. The van der Waals surface area contributed by atoms with Crippen LogP contribution in [-0.4, -0.2) is 43.8 Å². The second kappa shape index (κ2) is 9.36. The van der Waals surface area contributed by atoms with E-state index in [4.69, 9.17) is 14.2 Å². The zero-order valence-electron chi connectivity index (χ0n) is 15.1. The van der Waals surface area contributed by atoms with Gasteiger partial charge in [0.25, 0.3) is 0 Å². The molecule has 1 amide bonds. The predicted molar refractivity (Wildman–Crippen MR) is 99.2 cm³/mol. The minimum atomic E-state index is -0.0346. The van der Waals surface area contributed by atoms with Crippen molar-refractivity contribution in [2.24, 2.45) is 0 Å². The Morgan fingerprint density at radius 2 is 1.85 bits per heavy atom. The van der Waals surface area contributed by atoms with Crippen LogP contribution in [0.3, 0.4) is 0 Å². The van der Waals surface area contributed by atoms with Gasteiger partial charge in [-0.15, -0.1) is 0 Å². The van der Waals surface area contributed by atoms with Crippen molar-refractivity contribution in [1.29, 1.82) is 0 Å². The van der Waals surface area contributed by atoms with E-state index < -0.39 is 0 Å². The van der Waals surface area contributed by atoms with E-state index in [0.717, 1.165) is 36.5 Å². The zero-order chi connectivity index (χ0) is 18.2. The van der Waals surface area contributed by atoms with Gasteiger partial charge in [-0.2, -0.15) is 0 Å². The summed E-state index contributed by atoms with van der Waals surface area (Å²) in [5.74, 6) is 1.54. The summed E-state index contributed by atoms with van der Waals surface area (Å²) in [5.41, 5.74) is 1.04. The SMILES string of the molecule is CN(Cc1ccc(Oc2ccccc2)cc1)C(=O)COCC1CCCO1. The van der Waals surface area contributed by atoms with E-state index in [1.807, 2.05) is 54.6 Å². The van der Waals surface area contributed by atoms with E-state index in [9.17, 15) is 4.79 Å². The molecule has 26 heavy (non-hydrogen) atoms. The van der Waals surface area contributed by atoms with Gasteiger partial charge < -0.3 is 19.1 Å². The third-order valence-electron chi connectivity index (χ3n) is 4.30. The molecule has 138 valence electrons. The Hall–Kier alpha value is -2.37. The van der Waals surface area contributed by atoms with Crippen molar-refractivity contribution in [3.8, 4) is 11.5 Å². The number of carbonyl (C=O) groups excluding carboxylic acids is 1. The van der Waals surface area contributed by atoms with E-state index >= 15 is 0 Å². The molecule has 0 aliphatic carbocycles. The number of amides is 1. The molecule has 5 nitrogen and oxygen atoms in total. The van der Waals surface area contributed by atoms with Gasteiger partial charge >= 0.3 is 0 Å². The van der Waals surface area contributed by atoms with Crippen LogP contribution in [0.4, 0.5) is 0 Å². The molecule has 1 atom stereocenters. The van der Waals surface area contributed by atoms with Crippen LogP contribution in [0.1, 0.15) is 18.4 Å². The van der Waals surface area contributed by atoms with Gasteiger partial charge in [-0.1, -0.05) is 30.3 Å². The Balaban J connectivity index is 1.43. The number of nitrogens with zero attached hydrogens (tertiary/aromatic N) is 1. The maximum Gasteiger partial charge on any atom is 0.248 e. The fraction of sp³-hybridized carbons (Fsp3) is 0.381. The van der Waals surface area contributed by atoms with Crippen molar-refractivity contribution in [3.63, 3.8) is 0 Å². The molecule has 5 heteroatoms. The molecule has 1 saturated heterocycles. The Bertz CT molecular complexity index is 681. The van der Waals surface area contributed by atoms with Gasteiger partial charge in [0.1, 0.15) is 18.1 Å². The molecular weight excluding hydrogens is 330 g/mol. The number of hydrogen-bond donors (Lipinski definition) is 0. The first-order valence-electron chi connectivity index (χ1n) is 8.96. The summed E-state index contributed by atoms with van der Waals surface area (Å²) < 4.78 is 16.7. The van der Waals surface area contributed by atoms with E-state index in [1.165, 1.54) is 0 Å². The molecule has 0 saturated carbocycles. The third kappa shape index (κ3) is 5.58. The summed E-state index contributed by atoms with van der Waals surface area (Å²) in [7, 11) is 1.78. The molecule has 1 unspecified atom stereocenters. The number of para-hydroxylation sites is 1. The molecule has 1 aliphatic rings. The Morgan fingerprint density at radius 3 is 2.54 bits per heavy atom. The molecule has 1 heterocycles. The fourth-order valence-corrected chi connectivity index (χ4v) is 2.81. The van der Waals surface area contributed by atoms with Crippen LogP contribution in [0.25, 0.3) is 0 Å². The van der Waals surface area contributed by atoms with Crippen LogP contribution in [0.5, 0.6) is 11.5 Å². The summed E-state index contributed by atoms with van der Waals surface area (Å²) in [6.45, 7) is 1.91. The number of benzene rings is 2. The minimum absolute atomic E-state index is 0.0346. The van der Waals surface area contributed by atoms with Crippen molar-refractivity contribution in [2.75, 3.05) is 26.9 Å². The van der Waals surface area contributed by atoms with Gasteiger partial charge in [0.05, 0.1) is 12.7 Å². The molecule has 2 aromatic carbocycles. The maximum absolute atomic E-state index is 12.2. The monoisotopic (exact) mass is 355 g/mol. The number of rotatable bonds is 8. The topological polar surface area (TPSA) is 48.0 Å². The molecule has 0 radical (unpaired) electrons. The lowest BCUT2D eigenvalue weighted by Crippen LogP contribution is -2.31. The van der Waals surface area contributed by atoms with Crippen LogP contribution in [0.2, 0.25) is 0 Å². The predicted octanol–water partition coefficient (Wildman–Crippen LogP) is 3.63. The fourth-order valence-electron chi connectivity index (χ4n) is 2.81. The average Bonchev–Trinajstić information content (AvgIpc) is 3.17. The summed E-state index contributed by atoms with van der Waals surface area (Å²) in [5, 5.41) is 0. The van der Waals surface area contributed by atoms with Gasteiger partial charge in [-0.05, 0) is 42.7 Å². The maximum atomic E-state index is 12.2. The Kier molecular flexibility index (Phi) is 6.63. The first kappa shape index (κ1) is 18.4. The van der Waals surface area contributed by atoms with Crippen LogP contribution in [0, 0.1) is 0 Å². The summed E-state index contributed by atoms with van der Waals surface area (Å²) in [6.07, 6.45) is 2.23. The summed E-state index contributed by atoms with van der Waals surface area (Å²) >= 11 is 0. The second-order valence-corrected chi connectivity index (χ2v) is 6.46. The highest BCUT2D eigenvalue weighted by atomic mass is 16.5. The molecule has 0 spiro atoms. The number of likely N-dealkylation sites (N-methyl/N-ethyl adjacent to an activating group) is 1. The molecule has 1 fully saturated rings. The van der Waals surface area contributed by atoms with Gasteiger partial charge in [0.2, 0.25) is 5.91 Å². The molecular formula is C21H25NO4. The number of hydrogen-bond acceptors (Lipinski definition) is 4. The van der Waals surface area contributed by atoms with Crippen molar-refractivity contribution in [1.82, 2.24) is 4.90 Å². The van der Waals surface area contributed by atoms with Crippen molar-refractivity contribution in [2.45, 2.75) is 25.5 Å². The van der Waals surface area contributed by atoms with E-state index in [2.05, 4.69) is 0 Å². The lowest BCUT2D eigenvalue weighted by atomic mass is 10.2. The van der Waals surface area contributed by atoms with Crippen LogP contribution in [-0.2, 0) is 20.8 Å². The zero-order valence-corrected chi connectivity index (χ0v) is 15.1. The smallest absolute Gasteiger partial charge is 0.248 e. The van der Waals surface area contributed by atoms with Crippen molar-refractivity contribution < 1.29 is 19.0 Å². The highest BCUT2D eigenvalue weighted by Crippen LogP contribution is 2.21. The average molecular weight is 355 g/mol. The van der Waals surface area contributed by atoms with Crippen LogP contribution < -0.4 is 4.74 Å². The molecule has 2 aromatic rings. The highest BCUT2D eigenvalue weighted by Gasteiger charge is 2.17. The van der Waals surface area contributed by atoms with Gasteiger partial charge in [0, 0.05) is 20.2 Å². The molecule has 0 N–H and O–H groups in total. The van der Waals surface area contributed by atoms with Crippen LogP contribution >= 0.6 is 0 Å². The van der Waals surface area contributed by atoms with Crippen LogP contribution in [0.15, 0.2) is 54.6 Å². The largest absolute Gasteiger partial charge is 0.457 e. The molecule has 1 aliphatic heterocycles. The number of carbonyl (C=O) groups is 1. The van der Waals surface area contributed by atoms with Crippen molar-refractivity contribution in [3.05, 3.63) is 60.2 Å². The van der Waals surface area contributed by atoms with E-state index in [1.54, 1.807) is 11.9 Å². The quantitative estimate of drug-likeness (QED) is 0.725. The van der Waals surface area contributed by atoms with E-state index in [0.29, 0.717) is 13.2 Å². The lowest BCUT2D eigenvalue weighted by Gasteiger charge is -2.18. The summed E-state index contributed by atoms with van der Waals surface area (Å²) in [4.78, 5) is 13.8. The molecule has 3 rings (SSSR count). The van der Waals surface area contributed by atoms with Crippen molar-refractivity contribution >= 4 is 5.91 Å². The molecule has 0 bridgehead atoms. The van der Waals surface area contributed by atoms with Gasteiger partial charge in [-0.3, -0.25) is 4.79 Å². The first-order chi connectivity index (χ1) is 12.7. The van der Waals surface area contributed by atoms with Gasteiger partial charge in [0.15, 0.2) is 0 Å². The standard InChI is InChI=1S/C21H25NO4/c1-22(21(23)16-24-15-20-8-5-13-25-20)14-17-9-11-19(12-10-17)26-18-6-3-2-4-7-18/h2-4,6-7,9-12,20H,5,8,13-16H2,1H3. The Labute approximate surface area is 154 Å². The summed E-state index contributed by atoms with van der Waals surface area (Å²) in [6, 6.07) is 17.4. The second-order valence-electron chi connectivity index (χ2n) is 6.46. The normalized spacial score (nSPS) is 16.4. The minimum Gasteiger partial charge on any atom is -0.457 e.